The summed E-state index contributed by atoms with van der Waals surface area (Å²) in [5.74, 6) is -0.0867. The number of hydrogen-bond donors (Lipinski definition) is 1. The second-order valence-electron chi connectivity index (χ2n) is 6.32. The Morgan fingerprint density at radius 3 is 2.67 bits per heavy atom. The Labute approximate surface area is 133 Å². The minimum atomic E-state index is -0.265. The minimum absolute atomic E-state index is 0.0776. The lowest BCUT2D eigenvalue weighted by Crippen LogP contribution is -2.31. The van der Waals surface area contributed by atoms with Crippen LogP contribution >= 0.6 is 15.9 Å². The van der Waals surface area contributed by atoms with Gasteiger partial charge < -0.3 is 0 Å². The topological polar surface area (TPSA) is 58.5 Å². The molecule has 0 spiro atoms. The number of aryl methyl sites for hydroxylation is 1. The number of hydrazone groups is 1. The summed E-state index contributed by atoms with van der Waals surface area (Å²) < 4.78 is 0.886. The fraction of sp³-hybridized carbons (Fsp3) is 0.438. The molecule has 0 atom stereocenters. The van der Waals surface area contributed by atoms with E-state index in [1.54, 1.807) is 12.1 Å². The number of carbonyl (C=O) groups is 2. The van der Waals surface area contributed by atoms with Crippen molar-refractivity contribution < 1.29 is 9.59 Å². The standard InChI is InChI=1S/C16H19BrN2O2/c1-10-4-5-11(6-14(10)17)15(21)19-18-12-7-13(20)9-16(2,3)8-12/h4-6H,7-9H2,1-3H3,(H,19,21)/b18-12-. The molecule has 2 rings (SSSR count). The molecular formula is C16H19BrN2O2. The van der Waals surface area contributed by atoms with Crippen LogP contribution in [0.3, 0.4) is 0 Å². The van der Waals surface area contributed by atoms with E-state index >= 15 is 0 Å². The van der Waals surface area contributed by atoms with Gasteiger partial charge in [-0.15, -0.1) is 0 Å². The van der Waals surface area contributed by atoms with Gasteiger partial charge in [0.2, 0.25) is 0 Å². The molecule has 112 valence electrons. The zero-order valence-corrected chi connectivity index (χ0v) is 14.1. The zero-order chi connectivity index (χ0) is 15.6. The Hall–Kier alpha value is -1.49. The van der Waals surface area contributed by atoms with E-state index in [1.165, 1.54) is 0 Å². The summed E-state index contributed by atoms with van der Waals surface area (Å²) in [6.07, 6.45) is 1.64. The molecule has 1 aliphatic rings. The van der Waals surface area contributed by atoms with Crippen LogP contribution < -0.4 is 5.43 Å². The van der Waals surface area contributed by atoms with Gasteiger partial charge in [-0.2, -0.15) is 5.10 Å². The number of ketones is 1. The maximum absolute atomic E-state index is 12.1. The molecule has 0 aliphatic heterocycles. The Balaban J connectivity index is 2.07. The highest BCUT2D eigenvalue weighted by Gasteiger charge is 2.30. The monoisotopic (exact) mass is 350 g/mol. The zero-order valence-electron chi connectivity index (χ0n) is 12.5. The van der Waals surface area contributed by atoms with Crippen molar-refractivity contribution in [2.75, 3.05) is 0 Å². The highest BCUT2D eigenvalue weighted by atomic mass is 79.9. The minimum Gasteiger partial charge on any atom is -0.299 e. The van der Waals surface area contributed by atoms with Gasteiger partial charge in [0.05, 0.1) is 0 Å². The summed E-state index contributed by atoms with van der Waals surface area (Å²) in [6.45, 7) is 6.04. The van der Waals surface area contributed by atoms with Crippen LogP contribution in [0.1, 0.15) is 49.0 Å². The lowest BCUT2D eigenvalue weighted by molar-refractivity contribution is -0.120. The molecule has 0 aromatic heterocycles. The van der Waals surface area contributed by atoms with Crippen molar-refractivity contribution in [3.05, 3.63) is 33.8 Å². The van der Waals surface area contributed by atoms with Crippen molar-refractivity contribution >= 4 is 33.3 Å². The number of halogens is 1. The van der Waals surface area contributed by atoms with Crippen LogP contribution in [0.25, 0.3) is 0 Å². The molecule has 1 aromatic carbocycles. The smallest absolute Gasteiger partial charge is 0.271 e. The van der Waals surface area contributed by atoms with Gasteiger partial charge in [-0.3, -0.25) is 9.59 Å². The Morgan fingerprint density at radius 2 is 2.05 bits per heavy atom. The van der Waals surface area contributed by atoms with Crippen LogP contribution in [0, 0.1) is 12.3 Å². The predicted molar refractivity (Wildman–Crippen MR) is 86.4 cm³/mol. The number of Topliss-reactive ketones (excluding diaryl/α,β-unsaturated/α-hetero) is 1. The van der Waals surface area contributed by atoms with Crippen LogP contribution in [-0.4, -0.2) is 17.4 Å². The molecule has 1 amide bonds. The van der Waals surface area contributed by atoms with Gasteiger partial charge in [0.1, 0.15) is 5.78 Å². The number of nitrogens with zero attached hydrogens (tertiary/aromatic N) is 1. The van der Waals surface area contributed by atoms with Gasteiger partial charge in [0.25, 0.3) is 5.91 Å². The van der Waals surface area contributed by atoms with Gasteiger partial charge in [-0.05, 0) is 36.5 Å². The van der Waals surface area contributed by atoms with Crippen LogP contribution in [0.2, 0.25) is 0 Å². The molecule has 1 N–H and O–H groups in total. The third-order valence-electron chi connectivity index (χ3n) is 3.51. The molecule has 1 aromatic rings. The molecular weight excluding hydrogens is 332 g/mol. The number of carbonyl (C=O) groups excluding carboxylic acids is 2. The summed E-state index contributed by atoms with van der Waals surface area (Å²) in [4.78, 5) is 23.8. The Kier molecular flexibility index (Phi) is 4.61. The van der Waals surface area contributed by atoms with E-state index in [2.05, 4.69) is 26.5 Å². The van der Waals surface area contributed by atoms with Gasteiger partial charge >= 0.3 is 0 Å². The first kappa shape index (κ1) is 15.9. The van der Waals surface area contributed by atoms with E-state index in [4.69, 9.17) is 0 Å². The quantitative estimate of drug-likeness (QED) is 0.828. The Bertz CT molecular complexity index is 621. The van der Waals surface area contributed by atoms with E-state index in [0.29, 0.717) is 18.4 Å². The number of amides is 1. The van der Waals surface area contributed by atoms with Crippen molar-refractivity contribution in [3.8, 4) is 0 Å². The number of nitrogens with one attached hydrogen (secondary N) is 1. The Morgan fingerprint density at radius 1 is 1.33 bits per heavy atom. The molecule has 0 unspecified atom stereocenters. The highest BCUT2D eigenvalue weighted by Crippen LogP contribution is 2.31. The molecule has 0 heterocycles. The first-order valence-electron chi connectivity index (χ1n) is 6.90. The van der Waals surface area contributed by atoms with E-state index < -0.39 is 0 Å². The summed E-state index contributed by atoms with van der Waals surface area (Å²) in [6, 6.07) is 5.39. The van der Waals surface area contributed by atoms with Crippen molar-refractivity contribution in [2.24, 2.45) is 10.5 Å². The molecule has 1 aliphatic carbocycles. The molecule has 1 saturated carbocycles. The fourth-order valence-electron chi connectivity index (χ4n) is 2.51. The van der Waals surface area contributed by atoms with Gasteiger partial charge in [-0.1, -0.05) is 35.8 Å². The van der Waals surface area contributed by atoms with Gasteiger partial charge in [0.15, 0.2) is 0 Å². The predicted octanol–water partition coefficient (Wildman–Crippen LogP) is 3.62. The third kappa shape index (κ3) is 4.24. The van der Waals surface area contributed by atoms with E-state index in [0.717, 1.165) is 22.2 Å². The first-order valence-corrected chi connectivity index (χ1v) is 7.70. The first-order chi connectivity index (χ1) is 9.77. The van der Waals surface area contributed by atoms with Crippen molar-refractivity contribution in [1.82, 2.24) is 5.43 Å². The van der Waals surface area contributed by atoms with E-state index in [-0.39, 0.29) is 17.1 Å². The largest absolute Gasteiger partial charge is 0.299 e. The van der Waals surface area contributed by atoms with Crippen LogP contribution in [-0.2, 0) is 4.79 Å². The number of rotatable bonds is 2. The number of hydrogen-bond acceptors (Lipinski definition) is 3. The number of benzene rings is 1. The maximum Gasteiger partial charge on any atom is 0.271 e. The molecule has 0 bridgehead atoms. The summed E-state index contributed by atoms with van der Waals surface area (Å²) in [7, 11) is 0. The average Bonchev–Trinajstić information content (AvgIpc) is 2.37. The van der Waals surface area contributed by atoms with Crippen molar-refractivity contribution in [2.45, 2.75) is 40.0 Å². The van der Waals surface area contributed by atoms with E-state index in [9.17, 15) is 9.59 Å². The summed E-state index contributed by atoms with van der Waals surface area (Å²) >= 11 is 3.40. The fourth-order valence-corrected chi connectivity index (χ4v) is 2.89. The van der Waals surface area contributed by atoms with E-state index in [1.807, 2.05) is 26.8 Å². The lowest BCUT2D eigenvalue weighted by atomic mass is 9.76. The lowest BCUT2D eigenvalue weighted by Gasteiger charge is -2.29. The molecule has 0 radical (unpaired) electrons. The summed E-state index contributed by atoms with van der Waals surface area (Å²) in [5.41, 5.74) is 4.83. The average molecular weight is 351 g/mol. The normalized spacial score (nSPS) is 19.6. The molecule has 0 saturated heterocycles. The molecule has 1 fully saturated rings. The van der Waals surface area contributed by atoms with Crippen LogP contribution in [0.15, 0.2) is 27.8 Å². The van der Waals surface area contributed by atoms with Crippen molar-refractivity contribution in [1.29, 1.82) is 0 Å². The van der Waals surface area contributed by atoms with Crippen molar-refractivity contribution in [3.63, 3.8) is 0 Å². The van der Waals surface area contributed by atoms with Crippen LogP contribution in [0.4, 0.5) is 0 Å². The van der Waals surface area contributed by atoms with Gasteiger partial charge in [-0.25, -0.2) is 5.43 Å². The third-order valence-corrected chi connectivity index (χ3v) is 4.36. The van der Waals surface area contributed by atoms with Gasteiger partial charge in [0, 0.05) is 28.6 Å². The highest BCUT2D eigenvalue weighted by molar-refractivity contribution is 9.10. The molecule has 21 heavy (non-hydrogen) atoms. The molecule has 5 heteroatoms. The second kappa shape index (κ2) is 6.10. The summed E-state index contributed by atoms with van der Waals surface area (Å²) in [5, 5.41) is 4.14. The second-order valence-corrected chi connectivity index (χ2v) is 7.17. The maximum atomic E-state index is 12.1. The molecule has 4 nitrogen and oxygen atoms in total. The van der Waals surface area contributed by atoms with Crippen LogP contribution in [0.5, 0.6) is 0 Å². The SMILES string of the molecule is Cc1ccc(C(=O)N/N=C2/CC(=O)CC(C)(C)C2)cc1Br.